The second-order valence-corrected chi connectivity index (χ2v) is 7.41. The van der Waals surface area contributed by atoms with Crippen molar-refractivity contribution >= 4 is 28.3 Å². The lowest BCUT2D eigenvalue weighted by atomic mass is 9.95. The predicted octanol–water partition coefficient (Wildman–Crippen LogP) is 6.32. The minimum Gasteiger partial charge on any atom is -0.489 e. The van der Waals surface area contributed by atoms with Crippen molar-refractivity contribution < 1.29 is 9.53 Å². The van der Waals surface area contributed by atoms with Crippen LogP contribution < -0.4 is 4.74 Å². The van der Waals surface area contributed by atoms with E-state index in [1.165, 1.54) is 0 Å². The molecule has 4 heteroatoms. The van der Waals surface area contributed by atoms with Crippen molar-refractivity contribution in [2.75, 3.05) is 0 Å². The number of aromatic nitrogens is 1. The summed E-state index contributed by atoms with van der Waals surface area (Å²) in [6.45, 7) is 4.33. The number of hydrogen-bond acceptors (Lipinski definition) is 3. The molecule has 4 rings (SSSR count). The van der Waals surface area contributed by atoms with E-state index in [0.29, 0.717) is 34.0 Å². The highest BCUT2D eigenvalue weighted by Crippen LogP contribution is 2.31. The van der Waals surface area contributed by atoms with Gasteiger partial charge in [-0.15, -0.1) is 0 Å². The van der Waals surface area contributed by atoms with E-state index in [0.717, 1.165) is 22.1 Å². The molecule has 0 fully saturated rings. The highest BCUT2D eigenvalue weighted by molar-refractivity contribution is 6.39. The van der Waals surface area contributed by atoms with Crippen LogP contribution in [0.1, 0.15) is 32.6 Å². The van der Waals surface area contributed by atoms with Crippen molar-refractivity contribution in [3.05, 3.63) is 106 Å². The quantitative estimate of drug-likeness (QED) is 0.367. The molecule has 4 aromatic rings. The number of nitrogens with zero attached hydrogens (tertiary/aromatic N) is 1. The molecule has 0 aliphatic rings. The third-order valence-corrected chi connectivity index (χ3v) is 5.38. The van der Waals surface area contributed by atoms with Gasteiger partial charge in [-0.3, -0.25) is 9.78 Å². The molecule has 0 aliphatic carbocycles. The Kier molecular flexibility index (Phi) is 5.32. The van der Waals surface area contributed by atoms with Crippen LogP contribution in [0.3, 0.4) is 0 Å². The minimum atomic E-state index is -0.107. The monoisotopic (exact) mass is 401 g/mol. The van der Waals surface area contributed by atoms with Crippen LogP contribution in [0, 0.1) is 13.8 Å². The van der Waals surface area contributed by atoms with Crippen LogP contribution in [0.25, 0.3) is 10.9 Å². The standard InChI is InChI=1S/C25H20ClNO2/c1-16-7-6-8-17(2)23(16)25(28)21-14-27-22-13-19(11-12-20(22)24(21)26)29-15-18-9-4-3-5-10-18/h3-14H,15H2,1-2H3. The van der Waals surface area contributed by atoms with Crippen LogP contribution >= 0.6 is 11.6 Å². The third kappa shape index (κ3) is 3.87. The zero-order chi connectivity index (χ0) is 20.4. The Hall–Kier alpha value is -3.17. The first-order valence-electron chi connectivity index (χ1n) is 9.40. The Morgan fingerprint density at radius 3 is 2.41 bits per heavy atom. The van der Waals surface area contributed by atoms with E-state index in [9.17, 15) is 4.79 Å². The molecule has 0 aliphatic heterocycles. The first-order valence-corrected chi connectivity index (χ1v) is 9.78. The Bertz CT molecular complexity index is 1180. The van der Waals surface area contributed by atoms with Crippen LogP contribution in [-0.2, 0) is 6.61 Å². The summed E-state index contributed by atoms with van der Waals surface area (Å²) in [6.07, 6.45) is 1.56. The van der Waals surface area contributed by atoms with Gasteiger partial charge in [0.15, 0.2) is 5.78 Å². The second-order valence-electron chi connectivity index (χ2n) is 7.04. The van der Waals surface area contributed by atoms with Crippen molar-refractivity contribution in [1.82, 2.24) is 4.98 Å². The van der Waals surface area contributed by atoms with Gasteiger partial charge >= 0.3 is 0 Å². The summed E-state index contributed by atoms with van der Waals surface area (Å²) in [7, 11) is 0. The second kappa shape index (κ2) is 8.06. The molecule has 0 saturated carbocycles. The summed E-state index contributed by atoms with van der Waals surface area (Å²) >= 11 is 6.61. The molecular formula is C25H20ClNO2. The highest BCUT2D eigenvalue weighted by atomic mass is 35.5. The van der Waals surface area contributed by atoms with Crippen molar-refractivity contribution in [3.63, 3.8) is 0 Å². The Morgan fingerprint density at radius 2 is 1.69 bits per heavy atom. The predicted molar refractivity (Wildman–Crippen MR) is 117 cm³/mol. The largest absolute Gasteiger partial charge is 0.489 e. The fraction of sp³-hybridized carbons (Fsp3) is 0.120. The SMILES string of the molecule is Cc1cccc(C)c1C(=O)c1cnc2cc(OCc3ccccc3)ccc2c1Cl. The molecule has 0 N–H and O–H groups in total. The van der Waals surface area contributed by atoms with Gasteiger partial charge in [0, 0.05) is 23.2 Å². The van der Waals surface area contributed by atoms with E-state index in [2.05, 4.69) is 4.98 Å². The van der Waals surface area contributed by atoms with Gasteiger partial charge in [0.05, 0.1) is 16.1 Å². The van der Waals surface area contributed by atoms with Crippen molar-refractivity contribution in [1.29, 1.82) is 0 Å². The summed E-state index contributed by atoms with van der Waals surface area (Å²) in [5.74, 6) is 0.600. The smallest absolute Gasteiger partial charge is 0.196 e. The first kappa shape index (κ1) is 19.2. The molecular weight excluding hydrogens is 382 g/mol. The molecule has 0 atom stereocenters. The average molecular weight is 402 g/mol. The number of aryl methyl sites for hydroxylation is 2. The van der Waals surface area contributed by atoms with Gasteiger partial charge in [-0.1, -0.05) is 60.1 Å². The maximum Gasteiger partial charge on any atom is 0.196 e. The van der Waals surface area contributed by atoms with E-state index >= 15 is 0 Å². The molecule has 3 nitrogen and oxygen atoms in total. The number of fused-ring (bicyclic) bond motifs is 1. The van der Waals surface area contributed by atoms with Crippen LogP contribution in [0.5, 0.6) is 5.75 Å². The first-order chi connectivity index (χ1) is 14.0. The molecule has 0 saturated heterocycles. The number of rotatable bonds is 5. The lowest BCUT2D eigenvalue weighted by molar-refractivity contribution is 0.103. The van der Waals surface area contributed by atoms with E-state index in [-0.39, 0.29) is 5.78 Å². The van der Waals surface area contributed by atoms with Gasteiger partial charge in [0.25, 0.3) is 0 Å². The molecule has 144 valence electrons. The topological polar surface area (TPSA) is 39.2 Å². The number of carbonyl (C=O) groups is 1. The number of halogens is 1. The van der Waals surface area contributed by atoms with E-state index in [1.807, 2.05) is 80.6 Å². The number of hydrogen-bond donors (Lipinski definition) is 0. The maximum atomic E-state index is 13.1. The van der Waals surface area contributed by atoms with Gasteiger partial charge in [0.1, 0.15) is 12.4 Å². The summed E-state index contributed by atoms with van der Waals surface area (Å²) in [5.41, 5.74) is 4.73. The molecule has 29 heavy (non-hydrogen) atoms. The lowest BCUT2D eigenvalue weighted by Gasteiger charge is -2.12. The highest BCUT2D eigenvalue weighted by Gasteiger charge is 2.19. The lowest BCUT2D eigenvalue weighted by Crippen LogP contribution is -2.08. The molecule has 0 radical (unpaired) electrons. The summed E-state index contributed by atoms with van der Waals surface area (Å²) in [5, 5.41) is 1.15. The summed E-state index contributed by atoms with van der Waals surface area (Å²) in [6, 6.07) is 21.3. The van der Waals surface area contributed by atoms with Crippen LogP contribution in [0.2, 0.25) is 5.02 Å². The Labute approximate surface area is 174 Å². The summed E-state index contributed by atoms with van der Waals surface area (Å²) < 4.78 is 5.87. The normalized spacial score (nSPS) is 10.9. The van der Waals surface area contributed by atoms with Crippen molar-refractivity contribution in [2.24, 2.45) is 0 Å². The van der Waals surface area contributed by atoms with Crippen LogP contribution in [-0.4, -0.2) is 10.8 Å². The molecule has 1 heterocycles. The minimum absolute atomic E-state index is 0.107. The number of benzene rings is 3. The van der Waals surface area contributed by atoms with E-state index < -0.39 is 0 Å². The van der Waals surface area contributed by atoms with Gasteiger partial charge in [0.2, 0.25) is 0 Å². The van der Waals surface area contributed by atoms with Gasteiger partial charge in [-0.25, -0.2) is 0 Å². The number of pyridine rings is 1. The molecule has 0 amide bonds. The Balaban J connectivity index is 1.65. The molecule has 0 unspecified atom stereocenters. The Morgan fingerprint density at radius 1 is 0.966 bits per heavy atom. The molecule has 0 bridgehead atoms. The zero-order valence-corrected chi connectivity index (χ0v) is 17.0. The van der Waals surface area contributed by atoms with E-state index in [4.69, 9.17) is 16.3 Å². The van der Waals surface area contributed by atoms with Crippen molar-refractivity contribution in [2.45, 2.75) is 20.5 Å². The van der Waals surface area contributed by atoms with Gasteiger partial charge in [-0.2, -0.15) is 0 Å². The molecule has 0 spiro atoms. The van der Waals surface area contributed by atoms with Crippen molar-refractivity contribution in [3.8, 4) is 5.75 Å². The maximum absolute atomic E-state index is 13.1. The van der Waals surface area contributed by atoms with Gasteiger partial charge < -0.3 is 4.74 Å². The van der Waals surface area contributed by atoms with Crippen LogP contribution in [0.15, 0.2) is 72.9 Å². The third-order valence-electron chi connectivity index (χ3n) is 4.98. The summed E-state index contributed by atoms with van der Waals surface area (Å²) in [4.78, 5) is 17.6. The van der Waals surface area contributed by atoms with Crippen LogP contribution in [0.4, 0.5) is 0 Å². The fourth-order valence-electron chi connectivity index (χ4n) is 3.44. The molecule has 3 aromatic carbocycles. The number of ether oxygens (including phenoxy) is 1. The number of ketones is 1. The average Bonchev–Trinajstić information content (AvgIpc) is 2.73. The van der Waals surface area contributed by atoms with Gasteiger partial charge in [-0.05, 0) is 42.7 Å². The zero-order valence-electron chi connectivity index (χ0n) is 16.3. The molecule has 1 aromatic heterocycles. The fourth-order valence-corrected chi connectivity index (χ4v) is 3.73. The number of carbonyl (C=O) groups excluding carboxylic acids is 1. The van der Waals surface area contributed by atoms with E-state index in [1.54, 1.807) is 6.20 Å².